The van der Waals surface area contributed by atoms with E-state index in [0.717, 1.165) is 29.9 Å². The maximum Gasteiger partial charge on any atom is 0.276 e. The zero-order valence-electron chi connectivity index (χ0n) is 16.2. The minimum absolute atomic E-state index is 0.102. The fraction of sp³-hybridized carbons (Fsp3) is 0.381. The van der Waals surface area contributed by atoms with Gasteiger partial charge in [0.1, 0.15) is 17.2 Å². The van der Waals surface area contributed by atoms with Gasteiger partial charge in [-0.25, -0.2) is 0 Å². The van der Waals surface area contributed by atoms with Crippen molar-refractivity contribution in [1.29, 1.82) is 0 Å². The van der Waals surface area contributed by atoms with Crippen molar-refractivity contribution in [2.24, 2.45) is 0 Å². The summed E-state index contributed by atoms with van der Waals surface area (Å²) >= 11 is 0. The minimum Gasteiger partial charge on any atom is -0.496 e. The Hall–Kier alpha value is -3.09. The van der Waals surface area contributed by atoms with Crippen molar-refractivity contribution in [2.75, 3.05) is 13.7 Å². The van der Waals surface area contributed by atoms with Crippen molar-refractivity contribution in [1.82, 2.24) is 15.2 Å². The second-order valence-electron chi connectivity index (χ2n) is 7.24. The van der Waals surface area contributed by atoms with E-state index in [4.69, 9.17) is 13.8 Å². The van der Waals surface area contributed by atoms with Crippen LogP contribution >= 0.6 is 0 Å². The Morgan fingerprint density at radius 2 is 2.04 bits per heavy atom. The molecule has 0 aliphatic carbocycles. The standard InChI is InChI=1S/C21H23N3O4/c1-13(2)19-11-15(22-27-19)17-8-6-10-24(17)21(25)16-12-20(28-23-16)14-7-4-5-9-18(14)26-3/h4-5,7,9,11-13,17H,6,8,10H2,1-3H3/t17-/m1/s1. The Balaban J connectivity index is 1.58. The van der Waals surface area contributed by atoms with E-state index in [-0.39, 0.29) is 23.6 Å². The van der Waals surface area contributed by atoms with Crippen molar-refractivity contribution >= 4 is 5.91 Å². The van der Waals surface area contributed by atoms with Gasteiger partial charge in [-0.2, -0.15) is 0 Å². The third kappa shape index (κ3) is 3.28. The van der Waals surface area contributed by atoms with Gasteiger partial charge in [-0.1, -0.05) is 36.3 Å². The number of aromatic nitrogens is 2. The molecule has 3 aromatic rings. The average molecular weight is 381 g/mol. The molecule has 4 rings (SSSR count). The van der Waals surface area contributed by atoms with Crippen LogP contribution in [-0.2, 0) is 0 Å². The third-order valence-corrected chi connectivity index (χ3v) is 5.07. The molecule has 0 saturated carbocycles. The normalized spacial score (nSPS) is 16.7. The Morgan fingerprint density at radius 3 is 2.79 bits per heavy atom. The lowest BCUT2D eigenvalue weighted by atomic mass is 10.1. The lowest BCUT2D eigenvalue weighted by Crippen LogP contribution is -2.30. The van der Waals surface area contributed by atoms with Gasteiger partial charge in [0.15, 0.2) is 11.5 Å². The van der Waals surface area contributed by atoms with E-state index in [1.54, 1.807) is 18.1 Å². The molecular weight excluding hydrogens is 358 g/mol. The number of para-hydroxylation sites is 1. The van der Waals surface area contributed by atoms with Crippen LogP contribution in [0.3, 0.4) is 0 Å². The van der Waals surface area contributed by atoms with Crippen molar-refractivity contribution in [3.63, 3.8) is 0 Å². The van der Waals surface area contributed by atoms with E-state index in [1.807, 2.05) is 30.3 Å². The summed E-state index contributed by atoms with van der Waals surface area (Å²) in [5.74, 6) is 2.09. The van der Waals surface area contributed by atoms with Crippen LogP contribution < -0.4 is 4.74 Å². The van der Waals surface area contributed by atoms with Gasteiger partial charge in [-0.05, 0) is 25.0 Å². The zero-order chi connectivity index (χ0) is 19.7. The summed E-state index contributed by atoms with van der Waals surface area (Å²) in [6, 6.07) is 11.0. The van der Waals surface area contributed by atoms with Crippen molar-refractivity contribution in [3.05, 3.63) is 53.5 Å². The number of likely N-dealkylation sites (tertiary alicyclic amines) is 1. The van der Waals surface area contributed by atoms with Crippen LogP contribution in [0.1, 0.15) is 60.6 Å². The molecule has 1 atom stereocenters. The molecule has 28 heavy (non-hydrogen) atoms. The van der Waals surface area contributed by atoms with Crippen LogP contribution in [0.25, 0.3) is 11.3 Å². The van der Waals surface area contributed by atoms with Crippen molar-refractivity contribution < 1.29 is 18.6 Å². The molecular formula is C21H23N3O4. The lowest BCUT2D eigenvalue weighted by molar-refractivity contribution is 0.0720. The molecule has 7 heteroatoms. The molecule has 1 saturated heterocycles. The van der Waals surface area contributed by atoms with E-state index in [1.165, 1.54) is 0 Å². The smallest absolute Gasteiger partial charge is 0.276 e. The number of carbonyl (C=O) groups excluding carboxylic acids is 1. The highest BCUT2D eigenvalue weighted by Crippen LogP contribution is 2.35. The second kappa shape index (κ2) is 7.50. The first-order valence-electron chi connectivity index (χ1n) is 9.46. The monoisotopic (exact) mass is 381 g/mol. The zero-order valence-corrected chi connectivity index (χ0v) is 16.2. The molecule has 1 aromatic carbocycles. The number of benzene rings is 1. The number of methoxy groups -OCH3 is 1. The van der Waals surface area contributed by atoms with Gasteiger partial charge >= 0.3 is 0 Å². The lowest BCUT2D eigenvalue weighted by Gasteiger charge is -2.21. The molecule has 146 valence electrons. The maximum absolute atomic E-state index is 13.1. The predicted octanol–water partition coefficient (Wildman–Crippen LogP) is 4.44. The number of hydrogen-bond acceptors (Lipinski definition) is 6. The van der Waals surface area contributed by atoms with Crippen LogP contribution in [0.5, 0.6) is 5.75 Å². The average Bonchev–Trinajstić information content (AvgIpc) is 3.47. The van der Waals surface area contributed by atoms with Crippen molar-refractivity contribution in [2.45, 2.75) is 38.6 Å². The molecule has 1 amide bonds. The maximum atomic E-state index is 13.1. The second-order valence-corrected chi connectivity index (χ2v) is 7.24. The van der Waals surface area contributed by atoms with Gasteiger partial charge in [-0.3, -0.25) is 4.79 Å². The molecule has 2 aromatic heterocycles. The fourth-order valence-electron chi connectivity index (χ4n) is 3.55. The fourth-order valence-corrected chi connectivity index (χ4v) is 3.55. The highest BCUT2D eigenvalue weighted by atomic mass is 16.5. The minimum atomic E-state index is -0.165. The summed E-state index contributed by atoms with van der Waals surface area (Å²) in [5, 5.41) is 8.20. The first-order chi connectivity index (χ1) is 13.6. The van der Waals surface area contributed by atoms with E-state index in [2.05, 4.69) is 24.2 Å². The first kappa shape index (κ1) is 18.3. The molecule has 3 heterocycles. The van der Waals surface area contributed by atoms with Gasteiger partial charge in [0.05, 0.1) is 18.7 Å². The Bertz CT molecular complexity index is 975. The Kier molecular flexibility index (Phi) is 4.90. The number of carbonyl (C=O) groups is 1. The molecule has 1 fully saturated rings. The summed E-state index contributed by atoms with van der Waals surface area (Å²) in [6.07, 6.45) is 1.77. The largest absolute Gasteiger partial charge is 0.496 e. The Morgan fingerprint density at radius 1 is 1.21 bits per heavy atom. The van der Waals surface area contributed by atoms with E-state index in [9.17, 15) is 4.79 Å². The highest BCUT2D eigenvalue weighted by Gasteiger charge is 2.34. The first-order valence-corrected chi connectivity index (χ1v) is 9.46. The quantitative estimate of drug-likeness (QED) is 0.650. The number of amides is 1. The molecule has 0 radical (unpaired) electrons. The van der Waals surface area contributed by atoms with Crippen LogP contribution in [0.2, 0.25) is 0 Å². The molecule has 1 aliphatic rings. The van der Waals surface area contributed by atoms with Crippen LogP contribution in [-0.4, -0.2) is 34.8 Å². The van der Waals surface area contributed by atoms with Crippen LogP contribution in [0, 0.1) is 0 Å². The molecule has 1 aliphatic heterocycles. The van der Waals surface area contributed by atoms with Crippen molar-refractivity contribution in [3.8, 4) is 17.1 Å². The van der Waals surface area contributed by atoms with E-state index in [0.29, 0.717) is 18.1 Å². The number of nitrogens with zero attached hydrogens (tertiary/aromatic N) is 3. The SMILES string of the molecule is COc1ccccc1-c1cc(C(=O)N2CCC[C@@H]2c2cc(C(C)C)on2)no1. The van der Waals surface area contributed by atoms with E-state index < -0.39 is 0 Å². The topological polar surface area (TPSA) is 81.6 Å². The summed E-state index contributed by atoms with van der Waals surface area (Å²) in [5.41, 5.74) is 1.83. The summed E-state index contributed by atoms with van der Waals surface area (Å²) in [4.78, 5) is 14.9. The van der Waals surface area contributed by atoms with Gasteiger partial charge in [0, 0.05) is 24.6 Å². The van der Waals surface area contributed by atoms with Gasteiger partial charge in [-0.15, -0.1) is 0 Å². The van der Waals surface area contributed by atoms with Crippen LogP contribution in [0.15, 0.2) is 45.4 Å². The Labute approximate surface area is 163 Å². The molecule has 7 nitrogen and oxygen atoms in total. The summed E-state index contributed by atoms with van der Waals surface area (Å²) in [7, 11) is 1.60. The molecule has 0 bridgehead atoms. The van der Waals surface area contributed by atoms with E-state index >= 15 is 0 Å². The molecule has 0 spiro atoms. The predicted molar refractivity (Wildman–Crippen MR) is 102 cm³/mol. The van der Waals surface area contributed by atoms with Gasteiger partial charge in [0.2, 0.25) is 0 Å². The number of rotatable bonds is 5. The summed E-state index contributed by atoms with van der Waals surface area (Å²) < 4.78 is 16.2. The number of hydrogen-bond donors (Lipinski definition) is 0. The third-order valence-electron chi connectivity index (χ3n) is 5.07. The van der Waals surface area contributed by atoms with Gasteiger partial charge < -0.3 is 18.7 Å². The van der Waals surface area contributed by atoms with Gasteiger partial charge in [0.25, 0.3) is 5.91 Å². The van der Waals surface area contributed by atoms with Crippen LogP contribution in [0.4, 0.5) is 0 Å². The summed E-state index contributed by atoms with van der Waals surface area (Å²) in [6.45, 7) is 4.76. The number of ether oxygens (including phenoxy) is 1. The highest BCUT2D eigenvalue weighted by molar-refractivity contribution is 5.93. The molecule has 0 N–H and O–H groups in total. The molecule has 0 unspecified atom stereocenters.